The molecule has 1 aliphatic heterocycles. The first kappa shape index (κ1) is 21.6. The number of carbonyl (C=O) groups excluding carboxylic acids is 1. The van der Waals surface area contributed by atoms with Gasteiger partial charge in [0.15, 0.2) is 0 Å². The highest BCUT2D eigenvalue weighted by Gasteiger charge is 2.30. The van der Waals surface area contributed by atoms with Crippen LogP contribution in [0.2, 0.25) is 0 Å². The fourth-order valence-electron chi connectivity index (χ4n) is 3.77. The van der Waals surface area contributed by atoms with Crippen molar-refractivity contribution in [2.75, 3.05) is 6.54 Å². The van der Waals surface area contributed by atoms with Crippen LogP contribution in [-0.2, 0) is 23.0 Å². The molecule has 0 unspecified atom stereocenters. The van der Waals surface area contributed by atoms with E-state index in [4.69, 9.17) is 5.21 Å². The van der Waals surface area contributed by atoms with E-state index in [0.29, 0.717) is 28.7 Å². The number of fused-ring (bicyclic) bond motifs is 1. The monoisotopic (exact) mass is 451 g/mol. The van der Waals surface area contributed by atoms with Gasteiger partial charge in [0.1, 0.15) is 5.82 Å². The standard InChI is InChI=1S/C23H18FN3O4S/c24-20-6-4-15(5-7-20)16-2-1-3-21(12-16)32(30,31)27-9-8-17-10-18(23(28)26-29)11-19(13-25)22(17)14-27/h1-7,10-12,29H,8-9,14H2,(H,26,28). The van der Waals surface area contributed by atoms with Gasteiger partial charge in [0, 0.05) is 18.7 Å². The second kappa shape index (κ2) is 8.51. The van der Waals surface area contributed by atoms with Gasteiger partial charge < -0.3 is 0 Å². The van der Waals surface area contributed by atoms with E-state index >= 15 is 0 Å². The molecule has 1 aliphatic rings. The zero-order valence-electron chi connectivity index (χ0n) is 16.7. The van der Waals surface area contributed by atoms with E-state index in [1.54, 1.807) is 35.8 Å². The van der Waals surface area contributed by atoms with Crippen molar-refractivity contribution >= 4 is 15.9 Å². The Morgan fingerprint density at radius 1 is 1.09 bits per heavy atom. The number of hydroxylamine groups is 1. The number of hydrogen-bond acceptors (Lipinski definition) is 5. The van der Waals surface area contributed by atoms with Crippen molar-refractivity contribution in [3.63, 3.8) is 0 Å². The lowest BCUT2D eigenvalue weighted by atomic mass is 9.93. The summed E-state index contributed by atoms with van der Waals surface area (Å²) >= 11 is 0. The Hall–Kier alpha value is -3.58. The van der Waals surface area contributed by atoms with Crippen LogP contribution in [0.5, 0.6) is 0 Å². The quantitative estimate of drug-likeness (QED) is 0.467. The average Bonchev–Trinajstić information content (AvgIpc) is 2.82. The molecule has 0 saturated carbocycles. The van der Waals surface area contributed by atoms with Crippen LogP contribution < -0.4 is 5.48 Å². The van der Waals surface area contributed by atoms with Crippen LogP contribution in [0.1, 0.15) is 27.0 Å². The first-order valence-electron chi connectivity index (χ1n) is 9.70. The molecule has 7 nitrogen and oxygen atoms in total. The minimum atomic E-state index is -3.87. The molecule has 0 radical (unpaired) electrons. The summed E-state index contributed by atoms with van der Waals surface area (Å²) in [7, 11) is -3.87. The number of halogens is 1. The van der Waals surface area contributed by atoms with Crippen molar-refractivity contribution in [1.29, 1.82) is 5.26 Å². The maximum atomic E-state index is 13.3. The number of sulfonamides is 1. The lowest BCUT2D eigenvalue weighted by Gasteiger charge is -2.29. The Morgan fingerprint density at radius 2 is 1.84 bits per heavy atom. The number of nitrogens with zero attached hydrogens (tertiary/aromatic N) is 2. The highest BCUT2D eigenvalue weighted by atomic mass is 32.2. The van der Waals surface area contributed by atoms with E-state index in [9.17, 15) is 22.9 Å². The molecule has 3 aromatic rings. The van der Waals surface area contributed by atoms with Gasteiger partial charge in [-0.15, -0.1) is 0 Å². The van der Waals surface area contributed by atoms with E-state index in [1.165, 1.54) is 34.6 Å². The van der Waals surface area contributed by atoms with Crippen molar-refractivity contribution in [2.45, 2.75) is 17.9 Å². The first-order chi connectivity index (χ1) is 15.3. The molecule has 0 spiro atoms. The van der Waals surface area contributed by atoms with Gasteiger partial charge >= 0.3 is 0 Å². The van der Waals surface area contributed by atoms with Gasteiger partial charge in [0.25, 0.3) is 5.91 Å². The number of benzene rings is 3. The zero-order chi connectivity index (χ0) is 22.9. The van der Waals surface area contributed by atoms with E-state index < -0.39 is 15.9 Å². The molecule has 0 saturated heterocycles. The summed E-state index contributed by atoms with van der Waals surface area (Å²) in [5, 5.41) is 18.4. The summed E-state index contributed by atoms with van der Waals surface area (Å²) in [6.07, 6.45) is 0.313. The summed E-state index contributed by atoms with van der Waals surface area (Å²) < 4.78 is 41.2. The molecule has 3 aromatic carbocycles. The fourth-order valence-corrected chi connectivity index (χ4v) is 5.23. The number of nitriles is 1. The molecular weight excluding hydrogens is 433 g/mol. The first-order valence-corrected chi connectivity index (χ1v) is 11.1. The number of carbonyl (C=O) groups is 1. The van der Waals surface area contributed by atoms with Gasteiger partial charge in [0.05, 0.1) is 16.5 Å². The Kier molecular flexibility index (Phi) is 5.76. The van der Waals surface area contributed by atoms with Crippen molar-refractivity contribution in [1.82, 2.24) is 9.79 Å². The molecule has 0 atom stereocenters. The molecule has 162 valence electrons. The summed E-state index contributed by atoms with van der Waals surface area (Å²) in [5.74, 6) is -1.12. The van der Waals surface area contributed by atoms with Gasteiger partial charge in [-0.05, 0) is 65.1 Å². The normalized spacial score (nSPS) is 13.8. The third-order valence-corrected chi connectivity index (χ3v) is 7.28. The molecule has 4 rings (SSSR count). The summed E-state index contributed by atoms with van der Waals surface area (Å²) in [6.45, 7) is 0.160. The highest BCUT2D eigenvalue weighted by Crippen LogP contribution is 2.30. The van der Waals surface area contributed by atoms with Crippen LogP contribution in [0.15, 0.2) is 65.6 Å². The second-order valence-electron chi connectivity index (χ2n) is 7.34. The van der Waals surface area contributed by atoms with Crippen molar-refractivity contribution in [3.8, 4) is 17.2 Å². The number of nitrogens with one attached hydrogen (secondary N) is 1. The van der Waals surface area contributed by atoms with Crippen LogP contribution in [0.4, 0.5) is 4.39 Å². The second-order valence-corrected chi connectivity index (χ2v) is 9.28. The highest BCUT2D eigenvalue weighted by molar-refractivity contribution is 7.89. The van der Waals surface area contributed by atoms with Gasteiger partial charge in [0.2, 0.25) is 10.0 Å². The molecule has 0 bridgehead atoms. The summed E-state index contributed by atoms with van der Waals surface area (Å²) in [4.78, 5) is 11.8. The number of amides is 1. The summed E-state index contributed by atoms with van der Waals surface area (Å²) in [6, 6.07) is 17.1. The van der Waals surface area contributed by atoms with Crippen LogP contribution in [-0.4, -0.2) is 30.4 Å². The molecule has 1 heterocycles. The average molecular weight is 451 g/mol. The fraction of sp³-hybridized carbons (Fsp3) is 0.130. The Balaban J connectivity index is 1.67. The van der Waals surface area contributed by atoms with Crippen molar-refractivity contribution < 1.29 is 22.8 Å². The maximum Gasteiger partial charge on any atom is 0.274 e. The SMILES string of the molecule is N#Cc1cc(C(=O)NO)cc2c1CN(S(=O)(=O)c1cccc(-c3ccc(F)cc3)c1)CC2. The summed E-state index contributed by atoms with van der Waals surface area (Å²) in [5.41, 5.74) is 4.40. The van der Waals surface area contributed by atoms with E-state index in [0.717, 1.165) is 0 Å². The number of hydrogen-bond donors (Lipinski definition) is 2. The Bertz CT molecular complexity index is 1350. The van der Waals surface area contributed by atoms with Crippen molar-refractivity contribution in [2.24, 2.45) is 0 Å². The zero-order valence-corrected chi connectivity index (χ0v) is 17.6. The Labute approximate surface area is 184 Å². The topological polar surface area (TPSA) is 110 Å². The van der Waals surface area contributed by atoms with Crippen molar-refractivity contribution in [3.05, 3.63) is 88.7 Å². The van der Waals surface area contributed by atoms with Crippen LogP contribution in [0, 0.1) is 17.1 Å². The van der Waals surface area contributed by atoms with Gasteiger partial charge in [-0.3, -0.25) is 10.0 Å². The molecule has 9 heteroatoms. The third-order valence-electron chi connectivity index (χ3n) is 5.44. The van der Waals surface area contributed by atoms with Gasteiger partial charge in [-0.2, -0.15) is 9.57 Å². The van der Waals surface area contributed by atoms with Crippen LogP contribution in [0.3, 0.4) is 0 Å². The lowest BCUT2D eigenvalue weighted by Crippen LogP contribution is -2.36. The molecule has 1 amide bonds. The van der Waals surface area contributed by atoms with Gasteiger partial charge in [-0.1, -0.05) is 24.3 Å². The van der Waals surface area contributed by atoms with Crippen LogP contribution in [0.25, 0.3) is 11.1 Å². The van der Waals surface area contributed by atoms with E-state index in [1.807, 2.05) is 6.07 Å². The third kappa shape index (κ3) is 3.99. The largest absolute Gasteiger partial charge is 0.288 e. The number of rotatable bonds is 4. The maximum absolute atomic E-state index is 13.3. The molecule has 2 N–H and O–H groups in total. The minimum Gasteiger partial charge on any atom is -0.288 e. The minimum absolute atomic E-state index is 0.0115. The molecule has 0 aliphatic carbocycles. The van der Waals surface area contributed by atoms with E-state index in [-0.39, 0.29) is 34.9 Å². The van der Waals surface area contributed by atoms with Gasteiger partial charge in [-0.25, -0.2) is 18.3 Å². The predicted molar refractivity (Wildman–Crippen MR) is 114 cm³/mol. The molecule has 0 aromatic heterocycles. The Morgan fingerprint density at radius 3 is 2.53 bits per heavy atom. The van der Waals surface area contributed by atoms with Crippen LogP contribution >= 0.6 is 0 Å². The molecular formula is C23H18FN3O4S. The van der Waals surface area contributed by atoms with E-state index in [2.05, 4.69) is 0 Å². The molecule has 32 heavy (non-hydrogen) atoms. The predicted octanol–water partition coefficient (Wildman–Crippen LogP) is 3.23. The lowest BCUT2D eigenvalue weighted by molar-refractivity contribution is 0.0706. The smallest absolute Gasteiger partial charge is 0.274 e. The molecule has 0 fully saturated rings.